The third kappa shape index (κ3) is 6.35. The van der Waals surface area contributed by atoms with Gasteiger partial charge < -0.3 is 9.47 Å². The first-order valence-electron chi connectivity index (χ1n) is 8.32. The smallest absolute Gasteiger partial charge is 0.425 e. The second-order valence-corrected chi connectivity index (χ2v) is 5.87. The summed E-state index contributed by atoms with van der Waals surface area (Å²) >= 11 is 0. The third-order valence-electron chi connectivity index (χ3n) is 4.02. The average molecular weight is 394 g/mol. The Bertz CT molecular complexity index is 460. The van der Waals surface area contributed by atoms with Crippen LogP contribution in [-0.4, -0.2) is 43.4 Å². The molecule has 1 unspecified atom stereocenters. The molecule has 0 aliphatic heterocycles. The van der Waals surface area contributed by atoms with Gasteiger partial charge in [0.05, 0.1) is 6.61 Å². The van der Waals surface area contributed by atoms with Crippen molar-refractivity contribution in [2.75, 3.05) is 13.2 Å². The molecule has 0 heterocycles. The quantitative estimate of drug-likeness (QED) is 0.222. The molecule has 26 heavy (non-hydrogen) atoms. The fraction of sp³-hybridized carbons (Fsp3) is 0.875. The molecule has 0 rings (SSSR count). The minimum Gasteiger partial charge on any atom is -0.465 e. The van der Waals surface area contributed by atoms with Crippen LogP contribution in [0.2, 0.25) is 0 Å². The van der Waals surface area contributed by atoms with Crippen LogP contribution in [0.3, 0.4) is 0 Å². The molecule has 0 aliphatic carbocycles. The normalized spacial score (nSPS) is 14.0. The predicted molar refractivity (Wildman–Crippen MR) is 80.4 cm³/mol. The number of alkyl halides is 6. The van der Waals surface area contributed by atoms with Crippen molar-refractivity contribution < 1.29 is 45.4 Å². The average Bonchev–Trinajstić information content (AvgIpc) is 2.57. The molecule has 0 radical (unpaired) electrons. The van der Waals surface area contributed by atoms with Crippen molar-refractivity contribution in [1.29, 1.82) is 0 Å². The minimum atomic E-state index is -5.80. The third-order valence-corrected chi connectivity index (χ3v) is 4.02. The van der Waals surface area contributed by atoms with Crippen molar-refractivity contribution >= 4 is 11.9 Å². The van der Waals surface area contributed by atoms with Crippen molar-refractivity contribution in [2.24, 2.45) is 5.41 Å². The van der Waals surface area contributed by atoms with Crippen LogP contribution in [0, 0.1) is 5.41 Å². The van der Waals surface area contributed by atoms with Crippen molar-refractivity contribution in [3.05, 3.63) is 0 Å². The van der Waals surface area contributed by atoms with Gasteiger partial charge in [-0.1, -0.05) is 33.6 Å². The van der Waals surface area contributed by atoms with E-state index in [0.717, 1.165) is 12.8 Å². The Morgan fingerprint density at radius 3 is 1.81 bits per heavy atom. The zero-order chi connectivity index (χ0) is 20.6. The first-order chi connectivity index (χ1) is 11.9. The lowest BCUT2D eigenvalue weighted by atomic mass is 9.82. The maximum absolute atomic E-state index is 13.3. The van der Waals surface area contributed by atoms with Crippen molar-refractivity contribution in [2.45, 2.75) is 71.1 Å². The number of carbonyl (C=O) groups is 2. The van der Waals surface area contributed by atoms with E-state index >= 15 is 0 Å². The summed E-state index contributed by atoms with van der Waals surface area (Å²) in [7, 11) is 0. The largest absolute Gasteiger partial charge is 0.465 e. The molecule has 154 valence electrons. The second-order valence-electron chi connectivity index (χ2n) is 5.87. The standard InChI is InChI=1S/C16H24F6O4/c1-4-7-8-9-25-12(23)14(5-2,6-3)13(24)26-10-15(18,19)11(17)16(20,21)22/h11H,4-10H2,1-3H3. The van der Waals surface area contributed by atoms with Gasteiger partial charge in [-0.3, -0.25) is 9.59 Å². The monoisotopic (exact) mass is 394 g/mol. The summed E-state index contributed by atoms with van der Waals surface area (Å²) in [5, 5.41) is 0. The molecule has 0 aromatic carbocycles. The Labute approximate surface area is 148 Å². The lowest BCUT2D eigenvalue weighted by Crippen LogP contribution is -2.47. The van der Waals surface area contributed by atoms with E-state index < -0.39 is 42.2 Å². The van der Waals surface area contributed by atoms with Gasteiger partial charge in [-0.05, 0) is 19.3 Å². The van der Waals surface area contributed by atoms with E-state index in [-0.39, 0.29) is 19.4 Å². The van der Waals surface area contributed by atoms with E-state index in [0.29, 0.717) is 6.42 Å². The molecule has 0 aromatic heterocycles. The highest BCUT2D eigenvalue weighted by Crippen LogP contribution is 2.36. The molecule has 0 bridgehead atoms. The Kier molecular flexibility index (Phi) is 9.44. The zero-order valence-electron chi connectivity index (χ0n) is 14.9. The van der Waals surface area contributed by atoms with Gasteiger partial charge in [0.25, 0.3) is 6.17 Å². The Balaban J connectivity index is 5.04. The van der Waals surface area contributed by atoms with Crippen molar-refractivity contribution in [1.82, 2.24) is 0 Å². The SMILES string of the molecule is CCCCCOC(=O)C(CC)(CC)C(=O)OCC(F)(F)C(F)C(F)(F)F. The van der Waals surface area contributed by atoms with E-state index in [1.165, 1.54) is 13.8 Å². The van der Waals surface area contributed by atoms with Crippen LogP contribution in [0.15, 0.2) is 0 Å². The summed E-state index contributed by atoms with van der Waals surface area (Å²) in [5.74, 6) is -7.43. The lowest BCUT2D eigenvalue weighted by Gasteiger charge is -2.28. The topological polar surface area (TPSA) is 52.6 Å². The van der Waals surface area contributed by atoms with Crippen LogP contribution < -0.4 is 0 Å². The molecule has 0 aliphatic rings. The first kappa shape index (κ1) is 24.5. The Hall–Kier alpha value is -1.48. The van der Waals surface area contributed by atoms with Crippen molar-refractivity contribution in [3.8, 4) is 0 Å². The Morgan fingerprint density at radius 2 is 1.38 bits per heavy atom. The van der Waals surface area contributed by atoms with Gasteiger partial charge in [0, 0.05) is 0 Å². The van der Waals surface area contributed by atoms with Gasteiger partial charge in [-0.15, -0.1) is 0 Å². The van der Waals surface area contributed by atoms with E-state index in [1.807, 2.05) is 6.92 Å². The number of carbonyl (C=O) groups excluding carboxylic acids is 2. The van der Waals surface area contributed by atoms with Gasteiger partial charge in [0.15, 0.2) is 12.0 Å². The minimum absolute atomic E-state index is 0.0124. The predicted octanol–water partition coefficient (Wildman–Crippen LogP) is 4.61. The second kappa shape index (κ2) is 10.0. The molecule has 4 nitrogen and oxygen atoms in total. The van der Waals surface area contributed by atoms with Gasteiger partial charge in [-0.25, -0.2) is 4.39 Å². The summed E-state index contributed by atoms with van der Waals surface area (Å²) in [6.07, 6.45) is -8.47. The van der Waals surface area contributed by atoms with Crippen LogP contribution in [0.25, 0.3) is 0 Å². The fourth-order valence-corrected chi connectivity index (χ4v) is 2.18. The van der Waals surface area contributed by atoms with E-state index in [9.17, 15) is 35.9 Å². The number of esters is 2. The highest BCUT2D eigenvalue weighted by atomic mass is 19.4. The molecule has 10 heteroatoms. The van der Waals surface area contributed by atoms with Gasteiger partial charge in [0.2, 0.25) is 0 Å². The van der Waals surface area contributed by atoms with E-state index in [4.69, 9.17) is 4.74 Å². The fourth-order valence-electron chi connectivity index (χ4n) is 2.18. The van der Waals surface area contributed by atoms with Gasteiger partial charge in [0.1, 0.15) is 0 Å². The van der Waals surface area contributed by atoms with Crippen molar-refractivity contribution in [3.63, 3.8) is 0 Å². The number of ether oxygens (including phenoxy) is 2. The molecule has 0 amide bonds. The first-order valence-corrected chi connectivity index (χ1v) is 8.32. The molecule has 1 atom stereocenters. The summed E-state index contributed by atoms with van der Waals surface area (Å²) in [5.41, 5.74) is -1.92. The summed E-state index contributed by atoms with van der Waals surface area (Å²) < 4.78 is 84.8. The van der Waals surface area contributed by atoms with Crippen LogP contribution in [0.5, 0.6) is 0 Å². The number of hydrogen-bond donors (Lipinski definition) is 0. The van der Waals surface area contributed by atoms with Crippen LogP contribution in [-0.2, 0) is 19.1 Å². The van der Waals surface area contributed by atoms with Crippen LogP contribution in [0.1, 0.15) is 52.9 Å². The molecule has 0 saturated heterocycles. The van der Waals surface area contributed by atoms with Gasteiger partial charge >= 0.3 is 24.0 Å². The number of rotatable bonds is 11. The lowest BCUT2D eigenvalue weighted by molar-refractivity contribution is -0.255. The molecular weight excluding hydrogens is 370 g/mol. The highest BCUT2D eigenvalue weighted by Gasteiger charge is 2.58. The van der Waals surface area contributed by atoms with Crippen LogP contribution in [0.4, 0.5) is 26.3 Å². The number of hydrogen-bond acceptors (Lipinski definition) is 4. The molecule has 0 aromatic rings. The molecular formula is C16H24F6O4. The number of unbranched alkanes of at least 4 members (excludes halogenated alkanes) is 2. The highest BCUT2D eigenvalue weighted by molar-refractivity contribution is 6.00. The maximum Gasteiger partial charge on any atom is 0.425 e. The number of halogens is 6. The maximum atomic E-state index is 13.3. The molecule has 0 spiro atoms. The zero-order valence-corrected chi connectivity index (χ0v) is 14.9. The van der Waals surface area contributed by atoms with E-state index in [1.54, 1.807) is 0 Å². The molecule has 0 fully saturated rings. The molecule has 0 N–H and O–H groups in total. The Morgan fingerprint density at radius 1 is 0.885 bits per heavy atom. The summed E-state index contributed by atoms with van der Waals surface area (Å²) in [6, 6.07) is 0. The van der Waals surface area contributed by atoms with Crippen LogP contribution >= 0.6 is 0 Å². The van der Waals surface area contributed by atoms with Gasteiger partial charge in [-0.2, -0.15) is 22.0 Å². The summed E-state index contributed by atoms with van der Waals surface area (Å²) in [6.45, 7) is 2.62. The summed E-state index contributed by atoms with van der Waals surface area (Å²) in [4.78, 5) is 24.3. The molecule has 0 saturated carbocycles. The van der Waals surface area contributed by atoms with E-state index in [2.05, 4.69) is 4.74 Å².